The lowest BCUT2D eigenvalue weighted by Crippen LogP contribution is -2.19. The summed E-state index contributed by atoms with van der Waals surface area (Å²) in [7, 11) is 0. The number of phenolic OH excluding ortho intramolecular Hbond substituents is 1. The molecule has 0 saturated heterocycles. The van der Waals surface area contributed by atoms with Crippen LogP contribution in [-0.4, -0.2) is 5.11 Å². The van der Waals surface area contributed by atoms with Gasteiger partial charge in [0.25, 0.3) is 0 Å². The van der Waals surface area contributed by atoms with Crippen LogP contribution in [-0.2, 0) is 0 Å². The maximum Gasteiger partial charge on any atom is 0.118 e. The van der Waals surface area contributed by atoms with Crippen molar-refractivity contribution in [3.05, 3.63) is 29.3 Å². The molecule has 0 spiro atoms. The molecule has 2 aliphatic carbocycles. The summed E-state index contributed by atoms with van der Waals surface area (Å²) in [5.74, 6) is 4.07. The lowest BCUT2D eigenvalue weighted by Gasteiger charge is -2.30. The van der Waals surface area contributed by atoms with Crippen LogP contribution >= 0.6 is 0 Å². The van der Waals surface area contributed by atoms with Gasteiger partial charge in [-0.3, -0.25) is 0 Å². The Kier molecular flexibility index (Phi) is 6.25. The van der Waals surface area contributed by atoms with Crippen molar-refractivity contribution in [2.45, 2.75) is 90.4 Å². The highest BCUT2D eigenvalue weighted by atomic mass is 16.3. The van der Waals surface area contributed by atoms with Crippen LogP contribution in [0.25, 0.3) is 0 Å². The number of aryl methyl sites for hydroxylation is 1. The average molecular weight is 329 g/mol. The number of aromatic hydroxyl groups is 1. The topological polar surface area (TPSA) is 20.2 Å². The first-order chi connectivity index (χ1) is 11.7. The van der Waals surface area contributed by atoms with Crippen LogP contribution in [0.3, 0.4) is 0 Å². The summed E-state index contributed by atoms with van der Waals surface area (Å²) < 4.78 is 0. The molecule has 4 atom stereocenters. The summed E-state index contributed by atoms with van der Waals surface area (Å²) in [5, 5.41) is 9.79. The molecule has 0 radical (unpaired) electrons. The van der Waals surface area contributed by atoms with E-state index in [1.165, 1.54) is 76.2 Å². The number of hydrogen-bond acceptors (Lipinski definition) is 1. The van der Waals surface area contributed by atoms with E-state index in [4.69, 9.17) is 0 Å². The largest absolute Gasteiger partial charge is 0.508 e. The van der Waals surface area contributed by atoms with Crippen molar-refractivity contribution in [2.24, 2.45) is 17.8 Å². The molecule has 1 N–H and O–H groups in total. The zero-order chi connectivity index (χ0) is 16.9. The van der Waals surface area contributed by atoms with Crippen molar-refractivity contribution in [3.8, 4) is 5.75 Å². The number of phenols is 1. The Labute approximate surface area is 148 Å². The second-order valence-corrected chi connectivity index (χ2v) is 8.56. The Hall–Kier alpha value is -0.980. The molecule has 1 aromatic carbocycles. The zero-order valence-corrected chi connectivity index (χ0v) is 15.8. The fourth-order valence-corrected chi connectivity index (χ4v) is 5.48. The average Bonchev–Trinajstić information content (AvgIpc) is 3.17. The van der Waals surface area contributed by atoms with Gasteiger partial charge < -0.3 is 5.11 Å². The van der Waals surface area contributed by atoms with Gasteiger partial charge in [-0.15, -0.1) is 0 Å². The van der Waals surface area contributed by atoms with Gasteiger partial charge in [-0.2, -0.15) is 0 Å². The van der Waals surface area contributed by atoms with E-state index in [1.807, 2.05) is 13.0 Å². The van der Waals surface area contributed by atoms with Crippen LogP contribution in [0.15, 0.2) is 18.2 Å². The molecule has 1 heteroatoms. The molecular formula is C23H36O. The number of rotatable bonds is 9. The van der Waals surface area contributed by atoms with Gasteiger partial charge in [0.15, 0.2) is 0 Å². The Morgan fingerprint density at radius 3 is 2.42 bits per heavy atom. The minimum atomic E-state index is 0.446. The summed E-state index contributed by atoms with van der Waals surface area (Å²) >= 11 is 0. The summed E-state index contributed by atoms with van der Waals surface area (Å²) in [6.07, 6.45) is 15.8. The monoisotopic (exact) mass is 328 g/mol. The van der Waals surface area contributed by atoms with Gasteiger partial charge in [0, 0.05) is 0 Å². The molecule has 1 aromatic rings. The molecule has 0 heterocycles. The molecule has 1 nitrogen and oxygen atoms in total. The predicted molar refractivity (Wildman–Crippen MR) is 103 cm³/mol. The summed E-state index contributed by atoms with van der Waals surface area (Å²) in [6.45, 7) is 4.32. The number of fused-ring (bicyclic) bond motifs is 2. The Bertz CT molecular complexity index is 521. The second-order valence-electron chi connectivity index (χ2n) is 8.56. The van der Waals surface area contributed by atoms with Crippen molar-refractivity contribution in [3.63, 3.8) is 0 Å². The number of unbranched alkanes of at least 4 members (excludes halogenated alkanes) is 6. The standard InChI is InChI=1S/C23H36O/c1-3-4-5-6-7-8-9-10-19-14-18-15-21(19)22(16-18)20-11-12-23(24)17(2)13-20/h11-13,18-19,21-22,24H,3-10,14-16H2,1-2H3. The van der Waals surface area contributed by atoms with Gasteiger partial charge in [-0.05, 0) is 67.1 Å². The van der Waals surface area contributed by atoms with E-state index >= 15 is 0 Å². The highest BCUT2D eigenvalue weighted by molar-refractivity contribution is 5.37. The van der Waals surface area contributed by atoms with Crippen LogP contribution in [0, 0.1) is 24.7 Å². The zero-order valence-electron chi connectivity index (χ0n) is 15.8. The van der Waals surface area contributed by atoms with E-state index in [2.05, 4.69) is 19.1 Å². The summed E-state index contributed by atoms with van der Waals surface area (Å²) in [4.78, 5) is 0. The van der Waals surface area contributed by atoms with Gasteiger partial charge in [0.05, 0.1) is 0 Å². The van der Waals surface area contributed by atoms with Crippen molar-refractivity contribution < 1.29 is 5.11 Å². The van der Waals surface area contributed by atoms with Crippen molar-refractivity contribution in [1.82, 2.24) is 0 Å². The molecule has 134 valence electrons. The lowest BCUT2D eigenvalue weighted by molar-refractivity contribution is 0.272. The molecule has 24 heavy (non-hydrogen) atoms. The Morgan fingerprint density at radius 1 is 0.958 bits per heavy atom. The van der Waals surface area contributed by atoms with Gasteiger partial charge in [-0.1, -0.05) is 70.4 Å². The lowest BCUT2D eigenvalue weighted by atomic mass is 9.75. The quantitative estimate of drug-likeness (QED) is 0.485. The maximum atomic E-state index is 9.79. The highest BCUT2D eigenvalue weighted by Gasteiger charge is 2.45. The van der Waals surface area contributed by atoms with E-state index in [0.717, 1.165) is 29.2 Å². The van der Waals surface area contributed by atoms with Crippen LogP contribution in [0.2, 0.25) is 0 Å². The van der Waals surface area contributed by atoms with Crippen LogP contribution in [0.4, 0.5) is 0 Å². The van der Waals surface area contributed by atoms with Crippen LogP contribution in [0.5, 0.6) is 5.75 Å². The smallest absolute Gasteiger partial charge is 0.118 e. The number of hydrogen-bond donors (Lipinski definition) is 1. The highest BCUT2D eigenvalue weighted by Crippen LogP contribution is 2.57. The van der Waals surface area contributed by atoms with E-state index in [9.17, 15) is 5.11 Å². The molecular weight excluding hydrogens is 292 g/mol. The molecule has 0 aromatic heterocycles. The third-order valence-corrected chi connectivity index (χ3v) is 6.78. The number of benzene rings is 1. The maximum absolute atomic E-state index is 9.79. The van der Waals surface area contributed by atoms with E-state index in [1.54, 1.807) is 0 Å². The fraction of sp³-hybridized carbons (Fsp3) is 0.739. The molecule has 2 bridgehead atoms. The Morgan fingerprint density at radius 2 is 1.71 bits per heavy atom. The molecule has 3 rings (SSSR count). The third-order valence-electron chi connectivity index (χ3n) is 6.78. The summed E-state index contributed by atoms with van der Waals surface area (Å²) in [5.41, 5.74) is 2.53. The molecule has 4 unspecified atom stereocenters. The van der Waals surface area contributed by atoms with Crippen molar-refractivity contribution in [2.75, 3.05) is 0 Å². The molecule has 0 amide bonds. The fourth-order valence-electron chi connectivity index (χ4n) is 5.48. The predicted octanol–water partition coefficient (Wildman–Crippen LogP) is 6.97. The summed E-state index contributed by atoms with van der Waals surface area (Å²) in [6, 6.07) is 6.33. The van der Waals surface area contributed by atoms with E-state index in [0.29, 0.717) is 5.75 Å². The Balaban J connectivity index is 1.46. The van der Waals surface area contributed by atoms with Gasteiger partial charge in [-0.25, -0.2) is 0 Å². The molecule has 0 aliphatic heterocycles. The first kappa shape index (κ1) is 17.8. The minimum Gasteiger partial charge on any atom is -0.508 e. The first-order valence-electron chi connectivity index (χ1n) is 10.5. The minimum absolute atomic E-state index is 0.446. The SMILES string of the molecule is CCCCCCCCCC1CC2CC(c3ccc(O)c(C)c3)C1C2. The van der Waals surface area contributed by atoms with Crippen LogP contribution < -0.4 is 0 Å². The first-order valence-corrected chi connectivity index (χ1v) is 10.5. The van der Waals surface area contributed by atoms with Crippen LogP contribution in [0.1, 0.15) is 94.6 Å². The third kappa shape index (κ3) is 4.16. The molecule has 2 fully saturated rings. The van der Waals surface area contributed by atoms with Crippen molar-refractivity contribution >= 4 is 0 Å². The normalized spacial score (nSPS) is 28.6. The van der Waals surface area contributed by atoms with E-state index < -0.39 is 0 Å². The van der Waals surface area contributed by atoms with E-state index in [-0.39, 0.29) is 0 Å². The molecule has 2 aliphatic rings. The second kappa shape index (κ2) is 8.41. The van der Waals surface area contributed by atoms with Gasteiger partial charge >= 0.3 is 0 Å². The van der Waals surface area contributed by atoms with Crippen molar-refractivity contribution in [1.29, 1.82) is 0 Å². The van der Waals surface area contributed by atoms with Gasteiger partial charge in [0.1, 0.15) is 5.75 Å². The van der Waals surface area contributed by atoms with Gasteiger partial charge in [0.2, 0.25) is 0 Å². The molecule has 2 saturated carbocycles.